The Kier molecular flexibility index (Phi) is 14.4. The van der Waals surface area contributed by atoms with Crippen LogP contribution in [0.2, 0.25) is 0 Å². The lowest BCUT2D eigenvalue weighted by molar-refractivity contribution is -0.125. The van der Waals surface area contributed by atoms with Gasteiger partial charge < -0.3 is 13.9 Å². The minimum Gasteiger partial charge on any atom is -0.399 e. The molecule has 2 aromatic heterocycles. The van der Waals surface area contributed by atoms with Gasteiger partial charge in [-0.1, -0.05) is 46.7 Å². The minimum atomic E-state index is -3.33. The first-order chi connectivity index (χ1) is 22.1. The Morgan fingerprint density at radius 3 is 2.10 bits per heavy atom. The van der Waals surface area contributed by atoms with Crippen LogP contribution in [-0.4, -0.2) is 67.2 Å². The summed E-state index contributed by atoms with van der Waals surface area (Å²) < 4.78 is 48.6. The van der Waals surface area contributed by atoms with E-state index in [1.807, 2.05) is 41.5 Å². The lowest BCUT2D eigenvalue weighted by Gasteiger charge is -2.20. The Morgan fingerprint density at radius 1 is 1.04 bits per heavy atom. The third kappa shape index (κ3) is 12.3. The average Bonchev–Trinajstić information content (AvgIpc) is 3.60. The number of benzene rings is 1. The summed E-state index contributed by atoms with van der Waals surface area (Å²) >= 11 is 1.20. The molecule has 0 bridgehead atoms. The van der Waals surface area contributed by atoms with Crippen molar-refractivity contribution in [3.05, 3.63) is 52.8 Å². The van der Waals surface area contributed by atoms with Crippen molar-refractivity contribution in [2.45, 2.75) is 85.2 Å². The molecule has 0 saturated heterocycles. The molecule has 0 spiro atoms. The summed E-state index contributed by atoms with van der Waals surface area (Å²) in [6.07, 6.45) is 1.53. The molecule has 48 heavy (non-hydrogen) atoms. The molecule has 0 fully saturated rings. The van der Waals surface area contributed by atoms with Crippen LogP contribution in [0.15, 0.2) is 45.8 Å². The van der Waals surface area contributed by atoms with E-state index in [4.69, 9.17) is 9.05 Å². The Hall–Kier alpha value is -3.23. The Morgan fingerprint density at radius 2 is 1.62 bits per heavy atom. The first-order valence-corrected chi connectivity index (χ1v) is 19.8. The first-order valence-electron chi connectivity index (χ1n) is 15.3. The highest BCUT2D eigenvalue weighted by Gasteiger charge is 2.27. The van der Waals surface area contributed by atoms with Crippen molar-refractivity contribution < 1.29 is 36.5 Å². The number of nitrogens with one attached hydrogen (secondary N) is 1. The third-order valence-electron chi connectivity index (χ3n) is 6.50. The molecule has 13 nitrogen and oxygen atoms in total. The summed E-state index contributed by atoms with van der Waals surface area (Å²) in [5.74, 6) is -0.272. The zero-order valence-corrected chi connectivity index (χ0v) is 32.1. The molecule has 3 rings (SSSR count). The summed E-state index contributed by atoms with van der Waals surface area (Å²) in [7, 11) is -5.17. The van der Waals surface area contributed by atoms with Crippen molar-refractivity contribution in [1.82, 2.24) is 14.8 Å². The van der Waals surface area contributed by atoms with Gasteiger partial charge in [-0.25, -0.2) is 18.1 Å². The molecular weight excluding hydrogens is 677 g/mol. The zero-order chi connectivity index (χ0) is 36.5. The standard InChI is InChI=1S/C23H31N4O6PS2.C9H17NO2/c1-7-32-34(29,33-8-2)14-16-15-35-22(24-16)25-21(28)19-13-20(23(3,4)5)27(26-19)17-9-11-18(12-10-17)36(6,30)31;1-7(10-12-5)6-8(11)9(2,3)4/h9-13,15H,7-8,14H2,1-6H3,(H,24,25,28);6H2,1-5H3/b;10-7-. The molecule has 0 atom stereocenters. The summed E-state index contributed by atoms with van der Waals surface area (Å²) in [4.78, 5) is 33.5. The highest BCUT2D eigenvalue weighted by atomic mass is 32.2. The van der Waals surface area contributed by atoms with Crippen molar-refractivity contribution in [2.24, 2.45) is 10.6 Å². The van der Waals surface area contributed by atoms with Crippen molar-refractivity contribution in [2.75, 3.05) is 31.9 Å². The smallest absolute Gasteiger partial charge is 0.336 e. The number of carbonyl (C=O) groups is 2. The second-order valence-electron chi connectivity index (χ2n) is 12.9. The van der Waals surface area contributed by atoms with E-state index in [2.05, 4.69) is 25.4 Å². The second-order valence-corrected chi connectivity index (χ2v) is 17.8. The highest BCUT2D eigenvalue weighted by molar-refractivity contribution is 7.90. The lowest BCUT2D eigenvalue weighted by Crippen LogP contribution is -2.22. The third-order valence-corrected chi connectivity index (χ3v) is 10.4. The lowest BCUT2D eigenvalue weighted by atomic mass is 9.88. The first kappa shape index (κ1) is 40.9. The topological polar surface area (TPSA) is 168 Å². The van der Waals surface area contributed by atoms with Crippen LogP contribution < -0.4 is 5.32 Å². The largest absolute Gasteiger partial charge is 0.399 e. The maximum atomic E-state index is 13.0. The molecule has 0 saturated carbocycles. The molecule has 16 heteroatoms. The van der Waals surface area contributed by atoms with E-state index in [-0.39, 0.29) is 46.6 Å². The second kappa shape index (κ2) is 16.9. The molecule has 1 amide bonds. The van der Waals surface area contributed by atoms with E-state index in [0.29, 0.717) is 22.9 Å². The SMILES string of the molecule is CCOP(=O)(Cc1csc(NC(=O)c2cc(C(C)(C)C)n(-c3ccc(S(C)(=O)=O)cc3)n2)n1)OCC.CO/N=C(/C)CC(=O)C(C)(C)C. The van der Waals surface area contributed by atoms with Crippen molar-refractivity contribution >= 4 is 51.3 Å². The molecule has 0 aliphatic carbocycles. The molecule has 2 heterocycles. The van der Waals surface area contributed by atoms with Gasteiger partial charge in [0.15, 0.2) is 20.7 Å². The number of nitrogens with zero attached hydrogens (tertiary/aromatic N) is 4. The van der Waals surface area contributed by atoms with E-state index < -0.39 is 23.3 Å². The summed E-state index contributed by atoms with van der Waals surface area (Å²) in [6.45, 7) is 17.4. The predicted octanol–water partition coefficient (Wildman–Crippen LogP) is 7.06. The zero-order valence-electron chi connectivity index (χ0n) is 29.6. The van der Waals surface area contributed by atoms with Gasteiger partial charge in [-0.3, -0.25) is 19.5 Å². The number of ketones is 1. The molecule has 0 aliphatic rings. The Bertz CT molecular complexity index is 1720. The molecule has 1 aromatic carbocycles. The Balaban J connectivity index is 0.000000567. The van der Waals surface area contributed by atoms with E-state index in [1.54, 1.807) is 49.0 Å². The maximum Gasteiger partial charge on any atom is 0.336 e. The summed E-state index contributed by atoms with van der Waals surface area (Å²) in [6, 6.07) is 8.04. The fraction of sp³-hybridized carbons (Fsp3) is 0.531. The Labute approximate surface area is 287 Å². The van der Waals surface area contributed by atoms with Crippen LogP contribution in [0, 0.1) is 5.41 Å². The fourth-order valence-corrected chi connectivity index (χ4v) is 7.12. The number of rotatable bonds is 13. The van der Waals surface area contributed by atoms with Gasteiger partial charge in [0.25, 0.3) is 5.91 Å². The summed E-state index contributed by atoms with van der Waals surface area (Å²) in [5, 5.41) is 12.9. The molecular formula is C32H48N5O8PS2. The summed E-state index contributed by atoms with van der Waals surface area (Å²) in [5.41, 5.74) is 2.15. The van der Waals surface area contributed by atoms with Gasteiger partial charge in [-0.15, -0.1) is 11.3 Å². The minimum absolute atomic E-state index is 0.00727. The van der Waals surface area contributed by atoms with Crippen LogP contribution in [0.1, 0.15) is 90.6 Å². The quantitative estimate of drug-likeness (QED) is 0.109. The average molecular weight is 726 g/mol. The molecule has 0 radical (unpaired) electrons. The maximum absolute atomic E-state index is 13.0. The number of hydrogen-bond acceptors (Lipinski definition) is 12. The number of sulfone groups is 1. The fourth-order valence-electron chi connectivity index (χ4n) is 4.06. The van der Waals surface area contributed by atoms with E-state index >= 15 is 0 Å². The van der Waals surface area contributed by atoms with Crippen molar-refractivity contribution in [1.29, 1.82) is 0 Å². The van der Waals surface area contributed by atoms with Gasteiger partial charge in [0.05, 0.1) is 47.1 Å². The van der Waals surface area contributed by atoms with Gasteiger partial charge in [0, 0.05) is 28.9 Å². The van der Waals surface area contributed by atoms with Gasteiger partial charge >= 0.3 is 7.60 Å². The number of amides is 1. The number of oxime groups is 1. The van der Waals surface area contributed by atoms with Crippen LogP contribution in [-0.2, 0) is 44.7 Å². The molecule has 1 N–H and O–H groups in total. The van der Waals surface area contributed by atoms with Gasteiger partial charge in [-0.05, 0) is 51.1 Å². The van der Waals surface area contributed by atoms with Crippen LogP contribution in [0.5, 0.6) is 0 Å². The van der Waals surface area contributed by atoms with Gasteiger partial charge in [-0.2, -0.15) is 5.10 Å². The predicted molar refractivity (Wildman–Crippen MR) is 189 cm³/mol. The van der Waals surface area contributed by atoms with E-state index in [9.17, 15) is 22.6 Å². The molecule has 0 aliphatic heterocycles. The number of aromatic nitrogens is 3. The monoisotopic (exact) mass is 725 g/mol. The van der Waals surface area contributed by atoms with E-state index in [1.165, 1.54) is 30.6 Å². The van der Waals surface area contributed by atoms with Crippen LogP contribution >= 0.6 is 18.9 Å². The van der Waals surface area contributed by atoms with Crippen molar-refractivity contribution in [3.63, 3.8) is 0 Å². The number of Topliss-reactive ketones (excluding diaryl/α,β-unsaturated/α-hetero) is 1. The normalized spacial score (nSPS) is 12.7. The van der Waals surface area contributed by atoms with Gasteiger partial charge in [0.2, 0.25) is 0 Å². The van der Waals surface area contributed by atoms with Crippen LogP contribution in [0.3, 0.4) is 0 Å². The highest BCUT2D eigenvalue weighted by Crippen LogP contribution is 2.51. The molecule has 3 aromatic rings. The number of hydrogen-bond donors (Lipinski definition) is 1. The van der Waals surface area contributed by atoms with E-state index in [0.717, 1.165) is 17.7 Å². The number of carbonyl (C=O) groups excluding carboxylic acids is 2. The van der Waals surface area contributed by atoms with Crippen LogP contribution in [0.25, 0.3) is 5.69 Å². The van der Waals surface area contributed by atoms with Crippen LogP contribution in [0.4, 0.5) is 5.13 Å². The molecule has 266 valence electrons. The number of anilines is 1. The molecule has 0 unspecified atom stereocenters. The number of thiazole rings is 1. The van der Waals surface area contributed by atoms with Gasteiger partial charge in [0.1, 0.15) is 12.9 Å². The van der Waals surface area contributed by atoms with Crippen molar-refractivity contribution in [3.8, 4) is 5.69 Å².